The fourth-order valence-electron chi connectivity index (χ4n) is 1.97. The second-order valence-electron chi connectivity index (χ2n) is 5.37. The first-order chi connectivity index (χ1) is 13.1. The molecule has 152 valence electrons. The second kappa shape index (κ2) is 9.01. The van der Waals surface area contributed by atoms with Gasteiger partial charge in [-0.25, -0.2) is 17.9 Å². The zero-order valence-corrected chi connectivity index (χ0v) is 16.6. The minimum Gasteiger partial charge on any atom is -0.481 e. The van der Waals surface area contributed by atoms with Crippen LogP contribution in [0.3, 0.4) is 0 Å². The summed E-state index contributed by atoms with van der Waals surface area (Å²) in [5.41, 5.74) is 0. The molecule has 0 unspecified atom stereocenters. The summed E-state index contributed by atoms with van der Waals surface area (Å²) in [6.45, 7) is 0. The van der Waals surface area contributed by atoms with E-state index in [4.69, 9.17) is 4.74 Å². The topological polar surface area (TPSA) is 114 Å². The summed E-state index contributed by atoms with van der Waals surface area (Å²) in [6, 6.07) is 5.46. The predicted octanol–water partition coefficient (Wildman–Crippen LogP) is 2.38. The first kappa shape index (κ1) is 21.6. The highest BCUT2D eigenvalue weighted by Gasteiger charge is 2.23. The van der Waals surface area contributed by atoms with E-state index in [9.17, 15) is 22.0 Å². The van der Waals surface area contributed by atoms with Crippen LogP contribution in [0.1, 0.15) is 0 Å². The monoisotopic (exact) mass is 433 g/mol. The number of urea groups is 1. The van der Waals surface area contributed by atoms with Crippen molar-refractivity contribution in [3.8, 4) is 5.88 Å². The van der Waals surface area contributed by atoms with Crippen molar-refractivity contribution in [3.05, 3.63) is 30.3 Å². The van der Waals surface area contributed by atoms with Crippen molar-refractivity contribution in [1.82, 2.24) is 14.7 Å². The highest BCUT2D eigenvalue weighted by Crippen LogP contribution is 2.30. The van der Waals surface area contributed by atoms with Crippen LogP contribution in [0.4, 0.5) is 25.3 Å². The van der Waals surface area contributed by atoms with E-state index >= 15 is 0 Å². The Kier molecular flexibility index (Phi) is 6.96. The lowest BCUT2D eigenvalue weighted by Gasteiger charge is -2.14. The maximum atomic E-state index is 12.6. The number of halogens is 2. The fourth-order valence-corrected chi connectivity index (χ4v) is 3.97. The quantitative estimate of drug-likeness (QED) is 0.640. The molecule has 0 saturated carbocycles. The van der Waals surface area contributed by atoms with Crippen molar-refractivity contribution in [2.24, 2.45) is 0 Å². The molecule has 0 aliphatic carbocycles. The number of carbonyl (C=O) groups is 1. The van der Waals surface area contributed by atoms with Crippen LogP contribution in [0.15, 0.2) is 40.1 Å². The molecule has 1 aromatic heterocycles. The Hall–Kier alpha value is -2.67. The number of anilines is 2. The second-order valence-corrected chi connectivity index (χ2v) is 8.05. The number of methoxy groups -OCH3 is 1. The number of alkyl halides is 2. The zero-order valence-electron chi connectivity index (χ0n) is 15.0. The third-order valence-corrected chi connectivity index (χ3v) is 5.47. The lowest BCUT2D eigenvalue weighted by molar-refractivity contribution is 0.252. The van der Waals surface area contributed by atoms with E-state index in [0.717, 1.165) is 6.07 Å². The zero-order chi connectivity index (χ0) is 20.9. The van der Waals surface area contributed by atoms with E-state index in [1.807, 2.05) is 0 Å². The van der Waals surface area contributed by atoms with Crippen LogP contribution in [0, 0.1) is 0 Å². The Morgan fingerprint density at radius 2 is 1.93 bits per heavy atom. The Balaban J connectivity index is 2.22. The van der Waals surface area contributed by atoms with Gasteiger partial charge < -0.3 is 9.64 Å². The molecule has 2 rings (SSSR count). The van der Waals surface area contributed by atoms with Crippen molar-refractivity contribution >= 4 is 39.6 Å². The van der Waals surface area contributed by atoms with E-state index in [2.05, 4.69) is 15.3 Å². The average Bonchev–Trinajstić information content (AvgIpc) is 2.60. The minimum absolute atomic E-state index is 0.0621. The van der Waals surface area contributed by atoms with Crippen LogP contribution >= 0.6 is 11.8 Å². The Morgan fingerprint density at radius 3 is 2.54 bits per heavy atom. The van der Waals surface area contributed by atoms with Gasteiger partial charge in [0, 0.05) is 25.1 Å². The molecule has 0 radical (unpaired) electrons. The number of nitrogens with one attached hydrogen (secondary N) is 2. The van der Waals surface area contributed by atoms with Gasteiger partial charge in [-0.05, 0) is 12.1 Å². The summed E-state index contributed by atoms with van der Waals surface area (Å²) in [5, 5.41) is 2.18. The third-order valence-electron chi connectivity index (χ3n) is 3.16. The molecule has 0 aliphatic heterocycles. The molecule has 1 heterocycles. The molecule has 28 heavy (non-hydrogen) atoms. The van der Waals surface area contributed by atoms with Gasteiger partial charge in [-0.3, -0.25) is 5.32 Å². The first-order valence-corrected chi connectivity index (χ1v) is 9.96. The molecule has 9 nitrogen and oxygen atoms in total. The Bertz CT molecular complexity index is 957. The molecule has 2 N–H and O–H groups in total. The number of aromatic nitrogens is 2. The summed E-state index contributed by atoms with van der Waals surface area (Å²) in [5.74, 6) is -2.47. The number of hydrogen-bond donors (Lipinski definition) is 2. The predicted molar refractivity (Wildman–Crippen MR) is 101 cm³/mol. The van der Waals surface area contributed by atoms with Crippen molar-refractivity contribution in [2.75, 3.05) is 31.4 Å². The number of carbonyl (C=O) groups excluding carboxylic acids is 1. The summed E-state index contributed by atoms with van der Waals surface area (Å²) in [7, 11) is 0.361. The molecule has 0 saturated heterocycles. The third kappa shape index (κ3) is 5.66. The van der Waals surface area contributed by atoms with Gasteiger partial charge in [0.1, 0.15) is 10.7 Å². The van der Waals surface area contributed by atoms with Crippen LogP contribution in [0.25, 0.3) is 0 Å². The fraction of sp³-hybridized carbons (Fsp3) is 0.267. The van der Waals surface area contributed by atoms with Crippen molar-refractivity contribution in [2.45, 2.75) is 15.5 Å². The van der Waals surface area contributed by atoms with Gasteiger partial charge in [0.15, 0.2) is 0 Å². The number of ether oxygens (including phenoxy) is 1. The lowest BCUT2D eigenvalue weighted by atomic mass is 10.4. The molecular weight excluding hydrogens is 416 g/mol. The van der Waals surface area contributed by atoms with Crippen molar-refractivity contribution in [1.29, 1.82) is 0 Å². The van der Waals surface area contributed by atoms with E-state index in [1.54, 1.807) is 23.7 Å². The van der Waals surface area contributed by atoms with Gasteiger partial charge in [-0.1, -0.05) is 23.9 Å². The molecule has 0 spiro atoms. The van der Waals surface area contributed by atoms with Crippen molar-refractivity contribution < 1.29 is 26.7 Å². The molecule has 0 aliphatic rings. The molecule has 0 fully saturated rings. The van der Waals surface area contributed by atoms with Gasteiger partial charge in [-0.2, -0.15) is 18.7 Å². The number of hydrogen-bond acceptors (Lipinski definition) is 8. The van der Waals surface area contributed by atoms with Crippen LogP contribution < -0.4 is 19.7 Å². The average molecular weight is 433 g/mol. The maximum absolute atomic E-state index is 12.6. The van der Waals surface area contributed by atoms with Crippen LogP contribution in [-0.2, 0) is 10.0 Å². The number of nitrogens with zero attached hydrogens (tertiary/aromatic N) is 3. The van der Waals surface area contributed by atoms with Gasteiger partial charge in [0.2, 0.25) is 11.8 Å². The Labute approximate surface area is 164 Å². The first-order valence-electron chi connectivity index (χ1n) is 7.60. The smallest absolute Gasteiger partial charge is 0.335 e. The minimum atomic E-state index is -4.41. The Morgan fingerprint density at radius 1 is 1.25 bits per heavy atom. The van der Waals surface area contributed by atoms with Crippen molar-refractivity contribution in [3.63, 3.8) is 0 Å². The normalized spacial score (nSPS) is 11.2. The van der Waals surface area contributed by atoms with Crippen LogP contribution in [0.5, 0.6) is 5.88 Å². The highest BCUT2D eigenvalue weighted by atomic mass is 32.2. The molecule has 2 amide bonds. The molecular formula is C15H17F2N5O4S2. The largest absolute Gasteiger partial charge is 0.481 e. The summed E-state index contributed by atoms with van der Waals surface area (Å²) >= 11 is 0.0621. The van der Waals surface area contributed by atoms with E-state index in [0.29, 0.717) is 5.82 Å². The van der Waals surface area contributed by atoms with E-state index < -0.39 is 26.7 Å². The number of rotatable bonds is 7. The summed E-state index contributed by atoms with van der Waals surface area (Å²) < 4.78 is 56.9. The van der Waals surface area contributed by atoms with Gasteiger partial charge >= 0.3 is 6.03 Å². The van der Waals surface area contributed by atoms with Gasteiger partial charge in [0.05, 0.1) is 7.11 Å². The molecule has 2 aromatic rings. The maximum Gasteiger partial charge on any atom is 0.335 e. The van der Waals surface area contributed by atoms with Gasteiger partial charge in [0.25, 0.3) is 15.8 Å². The molecule has 0 bridgehead atoms. The number of amides is 2. The van der Waals surface area contributed by atoms with Gasteiger partial charge in [-0.15, -0.1) is 0 Å². The van der Waals surface area contributed by atoms with Crippen LogP contribution in [0.2, 0.25) is 0 Å². The highest BCUT2D eigenvalue weighted by molar-refractivity contribution is 8.00. The standard InChI is InChI=1S/C15H17F2N5O4S2/c1-22(2)11-8-12(26-3)19-14(18-11)20-15(23)21-28(24,25)10-7-5-4-6-9(10)27-13(16)17/h4-8,13H,1-3H3,(H2,18,19,20,21,23). The number of thioether (sulfide) groups is 1. The lowest BCUT2D eigenvalue weighted by Crippen LogP contribution is -2.35. The molecule has 0 atom stereocenters. The number of sulfonamides is 1. The molecule has 13 heteroatoms. The SMILES string of the molecule is COc1cc(N(C)C)nc(NC(=O)NS(=O)(=O)c2ccccc2SC(F)F)n1. The van der Waals surface area contributed by atoms with E-state index in [1.165, 1.54) is 31.4 Å². The van der Waals surface area contributed by atoms with E-state index in [-0.39, 0.29) is 28.5 Å². The number of benzene rings is 1. The molecule has 1 aromatic carbocycles. The summed E-state index contributed by atoms with van der Waals surface area (Å²) in [6.07, 6.45) is 0. The van der Waals surface area contributed by atoms with Crippen LogP contribution in [-0.4, -0.2) is 51.4 Å². The summed E-state index contributed by atoms with van der Waals surface area (Å²) in [4.78, 5) is 21.1.